The van der Waals surface area contributed by atoms with Crippen LogP contribution in [0.2, 0.25) is 0 Å². The third-order valence-corrected chi connectivity index (χ3v) is 5.17. The molecule has 0 saturated heterocycles. The third-order valence-electron chi connectivity index (χ3n) is 5.17. The Morgan fingerprint density at radius 3 is 2.68 bits per heavy atom. The summed E-state index contributed by atoms with van der Waals surface area (Å²) >= 11 is 0. The van der Waals surface area contributed by atoms with Crippen molar-refractivity contribution in [2.45, 2.75) is 37.8 Å². The highest BCUT2D eigenvalue weighted by Crippen LogP contribution is 2.28. The largest absolute Gasteiger partial charge is 0.365 e. The number of benzene rings is 1. The number of anilines is 4. The SMILES string of the molecule is CNC1CCCCC1Nc1nc(Nc2cccc(N/N=C\C=N)c2)c(C(N)=O)cc1F. The number of nitrogens with zero attached hydrogens (tertiary/aromatic N) is 2. The van der Waals surface area contributed by atoms with Crippen molar-refractivity contribution < 1.29 is 9.18 Å². The van der Waals surface area contributed by atoms with Crippen LogP contribution in [0.15, 0.2) is 35.4 Å². The molecular formula is C21H27FN8O. The molecule has 1 aliphatic rings. The number of hydrogen-bond donors (Lipinski definition) is 6. The maximum Gasteiger partial charge on any atom is 0.252 e. The molecule has 31 heavy (non-hydrogen) atoms. The lowest BCUT2D eigenvalue weighted by atomic mass is 9.90. The summed E-state index contributed by atoms with van der Waals surface area (Å²) in [5.74, 6) is -1.18. The van der Waals surface area contributed by atoms with Gasteiger partial charge in [0.15, 0.2) is 11.6 Å². The predicted octanol–water partition coefficient (Wildman–Crippen LogP) is 3.05. The Bertz CT molecular complexity index is 964. The van der Waals surface area contributed by atoms with Gasteiger partial charge in [0.25, 0.3) is 5.91 Å². The Hall–Kier alpha value is -3.53. The van der Waals surface area contributed by atoms with Crippen molar-refractivity contribution in [3.63, 3.8) is 0 Å². The van der Waals surface area contributed by atoms with Gasteiger partial charge in [-0.1, -0.05) is 18.9 Å². The number of carbonyl (C=O) groups is 1. The highest BCUT2D eigenvalue weighted by molar-refractivity contribution is 6.14. The standard InChI is InChI=1S/C21H27FN8O/c1-25-17-7-2-3-8-18(17)28-21-16(22)12-15(19(24)31)20(29-21)27-13-5-4-6-14(11-13)30-26-10-9-23/h4-6,9-12,17-18,23,25,30H,2-3,7-8H2,1H3,(H2,24,31)(H2,27,28,29)/b23-9?,26-10-. The van der Waals surface area contributed by atoms with Crippen LogP contribution in [0.3, 0.4) is 0 Å². The number of aromatic nitrogens is 1. The number of halogens is 1. The van der Waals surface area contributed by atoms with Crippen LogP contribution >= 0.6 is 0 Å². The van der Waals surface area contributed by atoms with Gasteiger partial charge in [-0.05, 0) is 44.2 Å². The Balaban J connectivity index is 1.87. The van der Waals surface area contributed by atoms with E-state index in [1.807, 2.05) is 7.05 Å². The van der Waals surface area contributed by atoms with Crippen LogP contribution in [-0.4, -0.2) is 42.5 Å². The van der Waals surface area contributed by atoms with Gasteiger partial charge in [-0.3, -0.25) is 10.2 Å². The summed E-state index contributed by atoms with van der Waals surface area (Å²) in [4.78, 5) is 16.2. The molecule has 164 valence electrons. The van der Waals surface area contributed by atoms with Crippen LogP contribution < -0.4 is 27.1 Å². The summed E-state index contributed by atoms with van der Waals surface area (Å²) in [6.45, 7) is 0. The lowest BCUT2D eigenvalue weighted by molar-refractivity contribution is 0.100. The smallest absolute Gasteiger partial charge is 0.252 e. The number of nitrogens with one attached hydrogen (secondary N) is 5. The first-order valence-electron chi connectivity index (χ1n) is 10.1. The number of likely N-dealkylation sites (N-methyl/N-ethyl adjacent to an activating group) is 1. The van der Waals surface area contributed by atoms with Crippen molar-refractivity contribution in [2.24, 2.45) is 10.8 Å². The fourth-order valence-corrected chi connectivity index (χ4v) is 3.65. The number of rotatable bonds is 9. The van der Waals surface area contributed by atoms with E-state index in [1.165, 1.54) is 6.21 Å². The van der Waals surface area contributed by atoms with Gasteiger partial charge in [-0.25, -0.2) is 9.37 Å². The number of pyridine rings is 1. The van der Waals surface area contributed by atoms with E-state index in [1.54, 1.807) is 24.3 Å². The first-order chi connectivity index (χ1) is 15.0. The summed E-state index contributed by atoms with van der Waals surface area (Å²) < 4.78 is 14.7. The van der Waals surface area contributed by atoms with Gasteiger partial charge in [0.2, 0.25) is 0 Å². The summed E-state index contributed by atoms with van der Waals surface area (Å²) in [6, 6.07) is 8.42. The molecule has 0 radical (unpaired) electrons. The van der Waals surface area contributed by atoms with Crippen LogP contribution in [0.1, 0.15) is 36.0 Å². The Morgan fingerprint density at radius 2 is 1.97 bits per heavy atom. The van der Waals surface area contributed by atoms with Crippen LogP contribution in [0, 0.1) is 11.2 Å². The van der Waals surface area contributed by atoms with Crippen molar-refractivity contribution in [3.8, 4) is 0 Å². The topological polar surface area (TPSA) is 140 Å². The third kappa shape index (κ3) is 5.76. The lowest BCUT2D eigenvalue weighted by Crippen LogP contribution is -2.45. The second-order valence-corrected chi connectivity index (χ2v) is 7.27. The Kier molecular flexibility index (Phi) is 7.50. The first-order valence-corrected chi connectivity index (χ1v) is 10.1. The molecule has 2 aromatic rings. The quantitative estimate of drug-likeness (QED) is 0.269. The molecule has 0 aliphatic heterocycles. The van der Waals surface area contributed by atoms with Gasteiger partial charge < -0.3 is 27.1 Å². The average molecular weight is 427 g/mol. The zero-order valence-electron chi connectivity index (χ0n) is 17.3. The summed E-state index contributed by atoms with van der Waals surface area (Å²) in [6.07, 6.45) is 6.44. The van der Waals surface area contributed by atoms with Gasteiger partial charge >= 0.3 is 0 Å². The Labute approximate surface area is 180 Å². The summed E-state index contributed by atoms with van der Waals surface area (Å²) in [5, 5.41) is 20.3. The minimum atomic E-state index is -0.781. The minimum absolute atomic E-state index is 0.0345. The molecule has 1 aliphatic carbocycles. The molecule has 1 heterocycles. The van der Waals surface area contributed by atoms with E-state index in [4.69, 9.17) is 11.1 Å². The number of amides is 1. The second-order valence-electron chi connectivity index (χ2n) is 7.27. The van der Waals surface area contributed by atoms with Crippen LogP contribution in [0.5, 0.6) is 0 Å². The zero-order chi connectivity index (χ0) is 22.2. The van der Waals surface area contributed by atoms with Gasteiger partial charge in [-0.2, -0.15) is 5.10 Å². The maximum atomic E-state index is 14.7. The molecule has 1 saturated carbocycles. The molecular weight excluding hydrogens is 399 g/mol. The fraction of sp³-hybridized carbons (Fsp3) is 0.333. The predicted molar refractivity (Wildman–Crippen MR) is 122 cm³/mol. The van der Waals surface area contributed by atoms with E-state index in [2.05, 4.69) is 31.5 Å². The van der Waals surface area contributed by atoms with Crippen molar-refractivity contribution in [1.82, 2.24) is 10.3 Å². The van der Waals surface area contributed by atoms with Crippen molar-refractivity contribution in [1.29, 1.82) is 5.41 Å². The van der Waals surface area contributed by atoms with E-state index in [-0.39, 0.29) is 29.3 Å². The molecule has 1 amide bonds. The zero-order valence-corrected chi connectivity index (χ0v) is 17.3. The van der Waals surface area contributed by atoms with Gasteiger partial charge in [0.05, 0.1) is 17.5 Å². The average Bonchev–Trinajstić information content (AvgIpc) is 2.76. The van der Waals surface area contributed by atoms with E-state index >= 15 is 0 Å². The fourth-order valence-electron chi connectivity index (χ4n) is 3.65. The minimum Gasteiger partial charge on any atom is -0.365 e. The molecule has 1 aromatic heterocycles. The van der Waals surface area contributed by atoms with Crippen molar-refractivity contribution in [3.05, 3.63) is 41.7 Å². The molecule has 2 unspecified atom stereocenters. The molecule has 10 heteroatoms. The van der Waals surface area contributed by atoms with E-state index in [0.29, 0.717) is 11.4 Å². The number of nitrogens with two attached hydrogens (primary N) is 1. The van der Waals surface area contributed by atoms with E-state index in [9.17, 15) is 9.18 Å². The highest BCUT2D eigenvalue weighted by atomic mass is 19.1. The van der Waals surface area contributed by atoms with Crippen LogP contribution in [-0.2, 0) is 0 Å². The molecule has 1 fully saturated rings. The van der Waals surface area contributed by atoms with Crippen LogP contribution in [0.4, 0.5) is 27.4 Å². The highest BCUT2D eigenvalue weighted by Gasteiger charge is 2.26. The number of carbonyl (C=O) groups excluding carboxylic acids is 1. The van der Waals surface area contributed by atoms with Crippen LogP contribution in [0.25, 0.3) is 0 Å². The van der Waals surface area contributed by atoms with Crippen molar-refractivity contribution in [2.75, 3.05) is 23.1 Å². The lowest BCUT2D eigenvalue weighted by Gasteiger charge is -2.32. The van der Waals surface area contributed by atoms with Gasteiger partial charge in [0.1, 0.15) is 5.82 Å². The molecule has 7 N–H and O–H groups in total. The summed E-state index contributed by atoms with van der Waals surface area (Å²) in [7, 11) is 1.89. The molecule has 0 bridgehead atoms. The number of hydrogen-bond acceptors (Lipinski definition) is 8. The van der Waals surface area contributed by atoms with Gasteiger partial charge in [-0.15, -0.1) is 0 Å². The van der Waals surface area contributed by atoms with Gasteiger partial charge in [0, 0.05) is 24.0 Å². The Morgan fingerprint density at radius 1 is 1.23 bits per heavy atom. The molecule has 0 spiro atoms. The molecule has 2 atom stereocenters. The normalized spacial score (nSPS) is 18.5. The number of hydrazone groups is 1. The monoisotopic (exact) mass is 426 g/mol. The molecule has 3 rings (SSSR count). The molecule has 9 nitrogen and oxygen atoms in total. The van der Waals surface area contributed by atoms with Crippen molar-refractivity contribution >= 4 is 41.3 Å². The van der Waals surface area contributed by atoms with E-state index in [0.717, 1.165) is 38.0 Å². The first kappa shape index (κ1) is 22.2. The summed E-state index contributed by atoms with van der Waals surface area (Å²) in [5.41, 5.74) is 9.46. The second kappa shape index (κ2) is 10.5. The number of primary amides is 1. The molecule has 1 aromatic carbocycles. The van der Waals surface area contributed by atoms with E-state index < -0.39 is 11.7 Å². The maximum absolute atomic E-state index is 14.7.